The number of nitrogens with zero attached hydrogens (tertiary/aromatic N) is 1. The molecule has 2 rings (SSSR count). The summed E-state index contributed by atoms with van der Waals surface area (Å²) in [5.41, 5.74) is 0.692. The fraction of sp³-hybridized carbons (Fsp3) is 0.143. The van der Waals surface area contributed by atoms with Crippen LogP contribution in [0, 0.1) is 0 Å². The first kappa shape index (κ1) is 15.1. The van der Waals surface area contributed by atoms with Gasteiger partial charge in [0.25, 0.3) is 0 Å². The second-order valence-corrected chi connectivity index (χ2v) is 6.17. The highest BCUT2D eigenvalue weighted by molar-refractivity contribution is 7.89. The first-order chi connectivity index (χ1) is 9.90. The van der Waals surface area contributed by atoms with Crippen molar-refractivity contribution in [3.8, 4) is 0 Å². The Morgan fingerprint density at radius 2 is 1.90 bits per heavy atom. The first-order valence-electron chi connectivity index (χ1n) is 6.16. The molecule has 0 aliphatic rings. The second kappa shape index (κ2) is 6.02. The van der Waals surface area contributed by atoms with Crippen molar-refractivity contribution in [3.63, 3.8) is 0 Å². The van der Waals surface area contributed by atoms with Gasteiger partial charge in [0, 0.05) is 18.4 Å². The van der Waals surface area contributed by atoms with Crippen LogP contribution < -0.4 is 4.72 Å². The van der Waals surface area contributed by atoms with E-state index in [2.05, 4.69) is 9.71 Å². The van der Waals surface area contributed by atoms with Crippen LogP contribution in [0.4, 0.5) is 0 Å². The average molecular weight is 306 g/mol. The quantitative estimate of drug-likeness (QED) is 0.878. The minimum absolute atomic E-state index is 0.0746. The van der Waals surface area contributed by atoms with Crippen LogP contribution in [0.3, 0.4) is 0 Å². The Bertz CT molecular complexity index is 745. The molecule has 2 aromatic rings. The molecule has 21 heavy (non-hydrogen) atoms. The number of carboxylic acids is 1. The Balaban J connectivity index is 2.26. The summed E-state index contributed by atoms with van der Waals surface area (Å²) in [5.74, 6) is -1.17. The van der Waals surface area contributed by atoms with Crippen molar-refractivity contribution in [1.29, 1.82) is 0 Å². The number of sulfonamides is 1. The molecule has 110 valence electrons. The van der Waals surface area contributed by atoms with E-state index in [1.54, 1.807) is 31.5 Å². The lowest BCUT2D eigenvalue weighted by molar-refractivity contribution is 0.0696. The zero-order valence-electron chi connectivity index (χ0n) is 11.2. The maximum atomic E-state index is 12.3. The van der Waals surface area contributed by atoms with Gasteiger partial charge in [0.2, 0.25) is 10.0 Å². The summed E-state index contributed by atoms with van der Waals surface area (Å²) in [7, 11) is -3.80. The molecule has 1 heterocycles. The van der Waals surface area contributed by atoms with Gasteiger partial charge < -0.3 is 5.11 Å². The van der Waals surface area contributed by atoms with Crippen molar-refractivity contribution in [2.75, 3.05) is 0 Å². The van der Waals surface area contributed by atoms with Crippen molar-refractivity contribution in [3.05, 3.63) is 59.9 Å². The molecule has 0 amide bonds. The highest BCUT2D eigenvalue weighted by atomic mass is 32.2. The van der Waals surface area contributed by atoms with Crippen molar-refractivity contribution in [2.24, 2.45) is 0 Å². The molecule has 0 saturated heterocycles. The van der Waals surface area contributed by atoms with E-state index in [0.717, 1.165) is 11.6 Å². The minimum Gasteiger partial charge on any atom is -0.478 e. The van der Waals surface area contributed by atoms with Crippen LogP contribution in [0.2, 0.25) is 0 Å². The number of carbonyl (C=O) groups is 1. The summed E-state index contributed by atoms with van der Waals surface area (Å²) in [4.78, 5) is 14.7. The fourth-order valence-electron chi connectivity index (χ4n) is 1.82. The summed E-state index contributed by atoms with van der Waals surface area (Å²) >= 11 is 0. The van der Waals surface area contributed by atoms with E-state index in [1.165, 1.54) is 18.2 Å². The van der Waals surface area contributed by atoms with E-state index in [4.69, 9.17) is 5.11 Å². The van der Waals surface area contributed by atoms with Crippen LogP contribution in [0.15, 0.2) is 53.7 Å². The van der Waals surface area contributed by atoms with Gasteiger partial charge in [-0.05, 0) is 42.8 Å². The van der Waals surface area contributed by atoms with Gasteiger partial charge in [-0.15, -0.1) is 0 Å². The molecule has 0 fully saturated rings. The lowest BCUT2D eigenvalue weighted by Crippen LogP contribution is -2.27. The van der Waals surface area contributed by atoms with E-state index < -0.39 is 22.0 Å². The lowest BCUT2D eigenvalue weighted by Gasteiger charge is -2.14. The first-order valence-corrected chi connectivity index (χ1v) is 7.64. The Morgan fingerprint density at radius 1 is 1.24 bits per heavy atom. The molecule has 0 aliphatic heterocycles. The lowest BCUT2D eigenvalue weighted by atomic mass is 10.1. The molecule has 0 aliphatic carbocycles. The second-order valence-electron chi connectivity index (χ2n) is 4.46. The summed E-state index contributed by atoms with van der Waals surface area (Å²) in [5, 5.41) is 8.91. The maximum Gasteiger partial charge on any atom is 0.335 e. The molecular weight excluding hydrogens is 292 g/mol. The number of aromatic nitrogens is 1. The number of aromatic carboxylic acids is 1. The molecule has 0 bridgehead atoms. The van der Waals surface area contributed by atoms with E-state index in [0.29, 0.717) is 0 Å². The summed E-state index contributed by atoms with van der Waals surface area (Å²) in [6, 6.07) is 8.19. The smallest absolute Gasteiger partial charge is 0.335 e. The van der Waals surface area contributed by atoms with Gasteiger partial charge in [0.1, 0.15) is 0 Å². The molecule has 0 radical (unpaired) electrons. The molecule has 0 saturated carbocycles. The van der Waals surface area contributed by atoms with Crippen molar-refractivity contribution in [1.82, 2.24) is 9.71 Å². The molecule has 1 aromatic carbocycles. The Kier molecular flexibility index (Phi) is 4.35. The van der Waals surface area contributed by atoms with Gasteiger partial charge in [-0.1, -0.05) is 6.07 Å². The standard InChI is InChI=1S/C14H14N2O4S/c1-10(11-5-7-15-8-6-11)16-21(19,20)13-4-2-3-12(9-13)14(17)18/h2-10,16H,1H3,(H,17,18)/t10-/m0/s1. The van der Waals surface area contributed by atoms with Crippen LogP contribution in [0.5, 0.6) is 0 Å². The third-order valence-electron chi connectivity index (χ3n) is 2.93. The van der Waals surface area contributed by atoms with Crippen LogP contribution in [0.1, 0.15) is 28.9 Å². The van der Waals surface area contributed by atoms with E-state index >= 15 is 0 Å². The number of hydrogen-bond donors (Lipinski definition) is 2. The summed E-state index contributed by atoms with van der Waals surface area (Å²) in [6.07, 6.45) is 3.15. The van der Waals surface area contributed by atoms with E-state index in [-0.39, 0.29) is 10.5 Å². The number of hydrogen-bond acceptors (Lipinski definition) is 4. The average Bonchev–Trinajstić information content (AvgIpc) is 2.48. The largest absolute Gasteiger partial charge is 0.478 e. The molecule has 7 heteroatoms. The van der Waals surface area contributed by atoms with Gasteiger partial charge in [0.05, 0.1) is 10.5 Å². The molecule has 6 nitrogen and oxygen atoms in total. The monoisotopic (exact) mass is 306 g/mol. The van der Waals surface area contributed by atoms with Gasteiger partial charge in [-0.25, -0.2) is 17.9 Å². The predicted molar refractivity (Wildman–Crippen MR) is 76.4 cm³/mol. The molecule has 1 aromatic heterocycles. The Labute approximate surface area is 122 Å². The van der Waals surface area contributed by atoms with Crippen LogP contribution in [0.25, 0.3) is 0 Å². The predicted octanol–water partition coefficient (Wildman–Crippen LogP) is 1.82. The van der Waals surface area contributed by atoms with Gasteiger partial charge in [-0.3, -0.25) is 4.98 Å². The highest BCUT2D eigenvalue weighted by Gasteiger charge is 2.19. The number of rotatable bonds is 5. The zero-order chi connectivity index (χ0) is 15.5. The summed E-state index contributed by atoms with van der Waals surface area (Å²) < 4.78 is 27.0. The van der Waals surface area contributed by atoms with Gasteiger partial charge in [0.15, 0.2) is 0 Å². The number of pyridine rings is 1. The van der Waals surface area contributed by atoms with Crippen molar-refractivity contribution in [2.45, 2.75) is 17.9 Å². The number of benzene rings is 1. The molecule has 2 N–H and O–H groups in total. The molecule has 0 spiro atoms. The minimum atomic E-state index is -3.80. The zero-order valence-corrected chi connectivity index (χ0v) is 12.0. The van der Waals surface area contributed by atoms with Gasteiger partial charge >= 0.3 is 5.97 Å². The van der Waals surface area contributed by atoms with Gasteiger partial charge in [-0.2, -0.15) is 0 Å². The number of carboxylic acid groups (broad SMARTS) is 1. The third kappa shape index (κ3) is 3.65. The maximum absolute atomic E-state index is 12.3. The van der Waals surface area contributed by atoms with Crippen molar-refractivity contribution >= 4 is 16.0 Å². The Hall–Kier alpha value is -2.25. The third-order valence-corrected chi connectivity index (χ3v) is 4.47. The van der Waals surface area contributed by atoms with E-state index in [9.17, 15) is 13.2 Å². The van der Waals surface area contributed by atoms with Crippen molar-refractivity contribution < 1.29 is 18.3 Å². The normalized spacial score (nSPS) is 12.8. The van der Waals surface area contributed by atoms with E-state index in [1.807, 2.05) is 0 Å². The topological polar surface area (TPSA) is 96.4 Å². The summed E-state index contributed by atoms with van der Waals surface area (Å²) in [6.45, 7) is 1.70. The fourth-order valence-corrected chi connectivity index (χ4v) is 3.09. The van der Waals surface area contributed by atoms with Crippen LogP contribution in [-0.4, -0.2) is 24.5 Å². The number of nitrogens with one attached hydrogen (secondary N) is 1. The van der Waals surface area contributed by atoms with Crippen LogP contribution >= 0.6 is 0 Å². The molecular formula is C14H14N2O4S. The van der Waals surface area contributed by atoms with Crippen LogP contribution in [-0.2, 0) is 10.0 Å². The SMILES string of the molecule is C[C@H](NS(=O)(=O)c1cccc(C(=O)O)c1)c1ccncc1. The molecule has 0 unspecified atom stereocenters. The molecule has 1 atom stereocenters. The highest BCUT2D eigenvalue weighted by Crippen LogP contribution is 2.17. The Morgan fingerprint density at radius 3 is 2.52 bits per heavy atom.